The van der Waals surface area contributed by atoms with Crippen molar-refractivity contribution in [3.05, 3.63) is 40.2 Å². The molecule has 1 aromatic carbocycles. The number of halogens is 2. The van der Waals surface area contributed by atoms with E-state index in [0.29, 0.717) is 24.1 Å². The Balaban J connectivity index is 2.19. The predicted molar refractivity (Wildman–Crippen MR) is 87.5 cm³/mol. The van der Waals surface area contributed by atoms with E-state index >= 15 is 0 Å². The first-order chi connectivity index (χ1) is 10.1. The normalized spacial score (nSPS) is 10.7. The summed E-state index contributed by atoms with van der Waals surface area (Å²) >= 11 is 9.65. The largest absolute Gasteiger partial charge is 0.490 e. The molecule has 0 amide bonds. The van der Waals surface area contributed by atoms with Gasteiger partial charge in [0.1, 0.15) is 11.8 Å². The number of ether oxygens (including phenoxy) is 2. The molecule has 0 unspecified atom stereocenters. The van der Waals surface area contributed by atoms with Gasteiger partial charge in [-0.2, -0.15) is 5.10 Å². The smallest absolute Gasteiger partial charge is 0.161 e. The molecule has 0 atom stereocenters. The van der Waals surface area contributed by atoms with E-state index in [1.165, 1.54) is 0 Å². The second-order valence-corrected chi connectivity index (χ2v) is 5.53. The Kier molecular flexibility index (Phi) is 5.53. The average Bonchev–Trinajstić information content (AvgIpc) is 2.71. The summed E-state index contributed by atoms with van der Waals surface area (Å²) in [5, 5.41) is 5.65. The Morgan fingerprint density at radius 2 is 2.05 bits per heavy atom. The van der Waals surface area contributed by atoms with E-state index in [1.54, 1.807) is 4.68 Å². The van der Waals surface area contributed by atoms with Crippen LogP contribution in [0.1, 0.15) is 23.7 Å². The number of rotatable bonds is 6. The lowest BCUT2D eigenvalue weighted by Gasteiger charge is -2.13. The van der Waals surface area contributed by atoms with E-state index in [0.717, 1.165) is 27.9 Å². The minimum atomic E-state index is 0.367. The molecule has 0 bridgehead atoms. The van der Waals surface area contributed by atoms with Gasteiger partial charge in [-0.25, -0.2) is 0 Å². The maximum atomic E-state index is 6.21. The highest BCUT2D eigenvalue weighted by molar-refractivity contribution is 9.08. The van der Waals surface area contributed by atoms with Gasteiger partial charge in [0.2, 0.25) is 0 Å². The molecule has 4 nitrogen and oxygen atoms in total. The lowest BCUT2D eigenvalue weighted by molar-refractivity contribution is 0.268. The summed E-state index contributed by atoms with van der Waals surface area (Å²) in [6, 6.07) is 5.90. The molecule has 0 spiro atoms. The molecule has 0 fully saturated rings. The van der Waals surface area contributed by atoms with Crippen molar-refractivity contribution in [2.24, 2.45) is 7.05 Å². The van der Waals surface area contributed by atoms with Crippen LogP contribution in [0.5, 0.6) is 11.5 Å². The number of aromatic nitrogens is 2. The zero-order valence-corrected chi connectivity index (χ0v) is 14.7. The molecule has 2 rings (SSSR count). The van der Waals surface area contributed by atoms with Gasteiger partial charge in [-0.3, -0.25) is 4.68 Å². The number of hydrogen-bond donors (Lipinski definition) is 0. The molecule has 0 radical (unpaired) electrons. The highest BCUT2D eigenvalue weighted by Crippen LogP contribution is 2.31. The molecule has 0 aliphatic carbocycles. The SMILES string of the molecule is CCOc1cc(CBr)ccc1OCc1c(C)nn(C)c1Cl. The van der Waals surface area contributed by atoms with Crippen LogP contribution >= 0.6 is 27.5 Å². The molecule has 0 saturated heterocycles. The van der Waals surface area contributed by atoms with Gasteiger partial charge in [0.05, 0.1) is 12.3 Å². The third kappa shape index (κ3) is 3.71. The van der Waals surface area contributed by atoms with Crippen LogP contribution in [0.2, 0.25) is 5.15 Å². The Hall–Kier alpha value is -1.20. The van der Waals surface area contributed by atoms with Crippen molar-refractivity contribution < 1.29 is 9.47 Å². The Labute approximate surface area is 138 Å². The number of benzene rings is 1. The standard InChI is InChI=1S/C15H18BrClN2O2/c1-4-20-14-7-11(8-16)5-6-13(14)21-9-12-10(2)18-19(3)15(12)17/h5-7H,4,8-9H2,1-3H3. The summed E-state index contributed by atoms with van der Waals surface area (Å²) in [7, 11) is 1.81. The van der Waals surface area contributed by atoms with Crippen molar-refractivity contribution in [1.29, 1.82) is 0 Å². The second-order valence-electron chi connectivity index (χ2n) is 4.61. The van der Waals surface area contributed by atoms with Gasteiger partial charge in [-0.1, -0.05) is 33.6 Å². The van der Waals surface area contributed by atoms with Crippen LogP contribution in [0.3, 0.4) is 0 Å². The van der Waals surface area contributed by atoms with Crippen molar-refractivity contribution in [1.82, 2.24) is 9.78 Å². The topological polar surface area (TPSA) is 36.3 Å². The Morgan fingerprint density at radius 1 is 1.29 bits per heavy atom. The van der Waals surface area contributed by atoms with E-state index in [4.69, 9.17) is 21.1 Å². The molecule has 21 heavy (non-hydrogen) atoms. The van der Waals surface area contributed by atoms with E-state index < -0.39 is 0 Å². The van der Waals surface area contributed by atoms with Gasteiger partial charge in [-0.05, 0) is 31.5 Å². The molecule has 0 N–H and O–H groups in total. The number of nitrogens with zero attached hydrogens (tertiary/aromatic N) is 2. The first-order valence-electron chi connectivity index (χ1n) is 6.69. The molecule has 1 aromatic heterocycles. The lowest BCUT2D eigenvalue weighted by atomic mass is 10.2. The molecule has 0 aliphatic heterocycles. The molecular formula is C15H18BrClN2O2. The molecule has 6 heteroatoms. The van der Waals surface area contributed by atoms with Crippen LogP contribution in [-0.4, -0.2) is 16.4 Å². The van der Waals surface area contributed by atoms with E-state index in [2.05, 4.69) is 21.0 Å². The fourth-order valence-corrected chi connectivity index (χ4v) is 2.59. The van der Waals surface area contributed by atoms with Crippen molar-refractivity contribution in [2.75, 3.05) is 6.61 Å². The van der Waals surface area contributed by atoms with Crippen LogP contribution in [0.15, 0.2) is 18.2 Å². The van der Waals surface area contributed by atoms with Gasteiger partial charge in [0, 0.05) is 17.9 Å². The zero-order chi connectivity index (χ0) is 15.4. The average molecular weight is 374 g/mol. The van der Waals surface area contributed by atoms with Crippen molar-refractivity contribution >= 4 is 27.5 Å². The minimum Gasteiger partial charge on any atom is -0.490 e. The molecular weight excluding hydrogens is 356 g/mol. The zero-order valence-electron chi connectivity index (χ0n) is 12.3. The maximum Gasteiger partial charge on any atom is 0.161 e. The first kappa shape index (κ1) is 16.2. The highest BCUT2D eigenvalue weighted by Gasteiger charge is 2.13. The van der Waals surface area contributed by atoms with Crippen LogP contribution < -0.4 is 9.47 Å². The third-order valence-electron chi connectivity index (χ3n) is 3.10. The lowest BCUT2D eigenvalue weighted by Crippen LogP contribution is -2.01. The first-order valence-corrected chi connectivity index (χ1v) is 8.19. The quantitative estimate of drug-likeness (QED) is 0.710. The van der Waals surface area contributed by atoms with Crippen LogP contribution in [-0.2, 0) is 19.0 Å². The molecule has 1 heterocycles. The molecule has 0 saturated carbocycles. The van der Waals surface area contributed by atoms with Crippen LogP contribution in [0.4, 0.5) is 0 Å². The summed E-state index contributed by atoms with van der Waals surface area (Å²) in [5.41, 5.74) is 2.91. The number of hydrogen-bond acceptors (Lipinski definition) is 3. The summed E-state index contributed by atoms with van der Waals surface area (Å²) in [4.78, 5) is 0. The van der Waals surface area contributed by atoms with Crippen LogP contribution in [0, 0.1) is 6.92 Å². The minimum absolute atomic E-state index is 0.367. The van der Waals surface area contributed by atoms with Crippen molar-refractivity contribution in [2.45, 2.75) is 25.8 Å². The summed E-state index contributed by atoms with van der Waals surface area (Å²) < 4.78 is 13.2. The maximum absolute atomic E-state index is 6.21. The monoisotopic (exact) mass is 372 g/mol. The third-order valence-corrected chi connectivity index (χ3v) is 4.22. The fraction of sp³-hybridized carbons (Fsp3) is 0.400. The van der Waals surface area contributed by atoms with Crippen molar-refractivity contribution in [3.8, 4) is 11.5 Å². The van der Waals surface area contributed by atoms with Crippen LogP contribution in [0.25, 0.3) is 0 Å². The van der Waals surface area contributed by atoms with E-state index in [9.17, 15) is 0 Å². The van der Waals surface area contributed by atoms with Gasteiger partial charge in [0.15, 0.2) is 11.5 Å². The van der Waals surface area contributed by atoms with Crippen molar-refractivity contribution in [3.63, 3.8) is 0 Å². The molecule has 2 aromatic rings. The van der Waals surface area contributed by atoms with E-state index in [1.807, 2.05) is 39.1 Å². The van der Waals surface area contributed by atoms with E-state index in [-0.39, 0.29) is 0 Å². The fourth-order valence-electron chi connectivity index (χ4n) is 2.01. The van der Waals surface area contributed by atoms with Gasteiger partial charge >= 0.3 is 0 Å². The Morgan fingerprint density at radius 3 is 2.62 bits per heavy atom. The number of alkyl halides is 1. The van der Waals surface area contributed by atoms with Gasteiger partial charge < -0.3 is 9.47 Å². The Bertz CT molecular complexity index is 628. The number of aryl methyl sites for hydroxylation is 2. The summed E-state index contributed by atoms with van der Waals surface area (Å²) in [5.74, 6) is 1.45. The molecule has 114 valence electrons. The molecule has 0 aliphatic rings. The van der Waals surface area contributed by atoms with Gasteiger partial charge in [-0.15, -0.1) is 0 Å². The summed E-state index contributed by atoms with van der Waals surface area (Å²) in [6.07, 6.45) is 0. The van der Waals surface area contributed by atoms with Gasteiger partial charge in [0.25, 0.3) is 0 Å². The second kappa shape index (κ2) is 7.18. The predicted octanol–water partition coefficient (Wildman–Crippen LogP) is 4.25. The highest BCUT2D eigenvalue weighted by atomic mass is 79.9. The summed E-state index contributed by atoms with van der Waals surface area (Å²) in [6.45, 7) is 4.83.